The van der Waals surface area contributed by atoms with Crippen LogP contribution in [0.1, 0.15) is 15.9 Å². The van der Waals surface area contributed by atoms with Gasteiger partial charge in [0.2, 0.25) is 0 Å². The Kier molecular flexibility index (Phi) is 3.98. The first kappa shape index (κ1) is 16.4. The molecule has 0 aliphatic rings. The minimum absolute atomic E-state index is 0.0968. The summed E-state index contributed by atoms with van der Waals surface area (Å²) >= 11 is 6.12. The minimum atomic E-state index is -1.03. The van der Waals surface area contributed by atoms with Gasteiger partial charge in [-0.3, -0.25) is 4.40 Å². The number of carboxylic acid groups (broad SMARTS) is 1. The molecule has 0 saturated carbocycles. The van der Waals surface area contributed by atoms with Gasteiger partial charge in [0.25, 0.3) is 0 Å². The smallest absolute Gasteiger partial charge is 0.337 e. The van der Waals surface area contributed by atoms with Crippen LogP contribution in [0.2, 0.25) is 5.02 Å². The molecular formula is C21H15ClN2O2. The van der Waals surface area contributed by atoms with Crippen molar-refractivity contribution < 1.29 is 9.90 Å². The predicted octanol–water partition coefficient (Wildman–Crippen LogP) is 5.33. The van der Waals surface area contributed by atoms with E-state index < -0.39 is 5.97 Å². The zero-order chi connectivity index (χ0) is 18.3. The summed E-state index contributed by atoms with van der Waals surface area (Å²) in [6.45, 7) is 2.05. The lowest BCUT2D eigenvalue weighted by molar-refractivity contribution is 0.0697. The molecule has 0 atom stereocenters. The Balaban J connectivity index is 1.84. The number of carboxylic acids is 1. The molecule has 2 aromatic heterocycles. The number of imidazole rings is 1. The highest BCUT2D eigenvalue weighted by Gasteiger charge is 2.11. The molecule has 0 aliphatic heterocycles. The van der Waals surface area contributed by atoms with Crippen molar-refractivity contribution in [3.8, 4) is 22.5 Å². The number of rotatable bonds is 3. The Morgan fingerprint density at radius 3 is 2.58 bits per heavy atom. The first-order valence-electron chi connectivity index (χ1n) is 8.10. The molecule has 0 aliphatic carbocycles. The zero-order valence-electron chi connectivity index (χ0n) is 14.0. The zero-order valence-corrected chi connectivity index (χ0v) is 14.7. The van der Waals surface area contributed by atoms with Crippen molar-refractivity contribution in [2.45, 2.75) is 6.92 Å². The fourth-order valence-electron chi connectivity index (χ4n) is 3.03. The van der Waals surface area contributed by atoms with Crippen LogP contribution in [0.15, 0.2) is 67.0 Å². The average Bonchev–Trinajstić information content (AvgIpc) is 3.04. The van der Waals surface area contributed by atoms with E-state index in [-0.39, 0.29) is 10.6 Å². The molecule has 0 unspecified atom stereocenters. The van der Waals surface area contributed by atoms with Gasteiger partial charge >= 0.3 is 5.97 Å². The maximum Gasteiger partial charge on any atom is 0.337 e. The van der Waals surface area contributed by atoms with E-state index in [4.69, 9.17) is 16.7 Å². The predicted molar refractivity (Wildman–Crippen MR) is 103 cm³/mol. The second-order valence-electron chi connectivity index (χ2n) is 6.16. The number of carbonyl (C=O) groups is 1. The molecule has 4 aromatic rings. The second kappa shape index (κ2) is 6.32. The third-order valence-electron chi connectivity index (χ3n) is 4.34. The Hall–Kier alpha value is -3.11. The molecule has 5 heteroatoms. The van der Waals surface area contributed by atoms with E-state index in [0.29, 0.717) is 0 Å². The van der Waals surface area contributed by atoms with E-state index in [9.17, 15) is 4.79 Å². The molecule has 2 aromatic carbocycles. The summed E-state index contributed by atoms with van der Waals surface area (Å²) in [5.41, 5.74) is 5.08. The lowest BCUT2D eigenvalue weighted by Gasteiger charge is -2.08. The normalized spacial score (nSPS) is 11.0. The van der Waals surface area contributed by atoms with Crippen molar-refractivity contribution in [1.82, 2.24) is 9.38 Å². The third kappa shape index (κ3) is 2.85. The van der Waals surface area contributed by atoms with Crippen LogP contribution < -0.4 is 0 Å². The van der Waals surface area contributed by atoms with Crippen molar-refractivity contribution in [1.29, 1.82) is 0 Å². The molecule has 0 amide bonds. The quantitative estimate of drug-likeness (QED) is 0.536. The van der Waals surface area contributed by atoms with Crippen molar-refractivity contribution >= 4 is 23.1 Å². The number of pyridine rings is 1. The molecule has 0 fully saturated rings. The molecule has 1 N–H and O–H groups in total. The van der Waals surface area contributed by atoms with Crippen LogP contribution in [0, 0.1) is 6.92 Å². The van der Waals surface area contributed by atoms with Gasteiger partial charge < -0.3 is 5.11 Å². The third-order valence-corrected chi connectivity index (χ3v) is 4.65. The molecule has 2 heterocycles. The number of aromatic nitrogens is 2. The van der Waals surface area contributed by atoms with Crippen molar-refractivity contribution in [3.05, 3.63) is 83.1 Å². The van der Waals surface area contributed by atoms with Crippen LogP contribution in [-0.2, 0) is 0 Å². The number of aryl methyl sites for hydroxylation is 1. The van der Waals surface area contributed by atoms with E-state index in [1.807, 2.05) is 41.1 Å². The molecule has 128 valence electrons. The molecule has 0 bridgehead atoms. The molecule has 0 spiro atoms. The van der Waals surface area contributed by atoms with Crippen LogP contribution in [-0.4, -0.2) is 20.5 Å². The van der Waals surface area contributed by atoms with Crippen molar-refractivity contribution in [3.63, 3.8) is 0 Å². The van der Waals surface area contributed by atoms with Crippen LogP contribution in [0.3, 0.4) is 0 Å². The van der Waals surface area contributed by atoms with Gasteiger partial charge in [-0.25, -0.2) is 9.78 Å². The average molecular weight is 363 g/mol. The van der Waals surface area contributed by atoms with Gasteiger partial charge in [0, 0.05) is 11.8 Å². The van der Waals surface area contributed by atoms with E-state index >= 15 is 0 Å². The molecule has 26 heavy (non-hydrogen) atoms. The van der Waals surface area contributed by atoms with Gasteiger partial charge in [-0.15, -0.1) is 0 Å². The molecular weight excluding hydrogens is 348 g/mol. The summed E-state index contributed by atoms with van der Waals surface area (Å²) in [5.74, 6) is -0.174. The molecule has 0 radical (unpaired) electrons. The van der Waals surface area contributed by atoms with Crippen LogP contribution in [0.25, 0.3) is 28.0 Å². The van der Waals surface area contributed by atoms with Crippen LogP contribution in [0.5, 0.6) is 0 Å². The molecule has 4 rings (SSSR count). The number of aromatic carboxylic acids is 1. The summed E-state index contributed by atoms with van der Waals surface area (Å²) in [6, 6.07) is 17.1. The van der Waals surface area contributed by atoms with Gasteiger partial charge in [-0.2, -0.15) is 0 Å². The maximum absolute atomic E-state index is 11.1. The number of hydrogen-bond donors (Lipinski definition) is 1. The first-order chi connectivity index (χ1) is 12.5. The molecule has 0 saturated heterocycles. The fourth-order valence-corrected chi connectivity index (χ4v) is 3.29. The largest absolute Gasteiger partial charge is 0.478 e. The number of fused-ring (bicyclic) bond motifs is 1. The second-order valence-corrected chi connectivity index (χ2v) is 6.57. The first-order valence-corrected chi connectivity index (χ1v) is 8.48. The van der Waals surface area contributed by atoms with Gasteiger partial charge in [-0.1, -0.05) is 47.5 Å². The Bertz CT molecular complexity index is 1150. The van der Waals surface area contributed by atoms with E-state index in [1.165, 1.54) is 11.6 Å². The van der Waals surface area contributed by atoms with E-state index in [1.54, 1.807) is 12.1 Å². The molecule has 4 nitrogen and oxygen atoms in total. The number of nitrogens with zero attached hydrogens (tertiary/aromatic N) is 2. The summed E-state index contributed by atoms with van der Waals surface area (Å²) in [4.78, 5) is 15.7. The van der Waals surface area contributed by atoms with Gasteiger partial charge in [0.15, 0.2) is 0 Å². The Labute approximate surface area is 155 Å². The summed E-state index contributed by atoms with van der Waals surface area (Å²) in [5, 5.41) is 9.35. The van der Waals surface area contributed by atoms with Gasteiger partial charge in [0.1, 0.15) is 5.82 Å². The van der Waals surface area contributed by atoms with E-state index in [2.05, 4.69) is 24.0 Å². The highest BCUT2D eigenvalue weighted by atomic mass is 35.5. The topological polar surface area (TPSA) is 54.6 Å². The lowest BCUT2D eigenvalue weighted by atomic mass is 10.1. The lowest BCUT2D eigenvalue weighted by Crippen LogP contribution is -1.97. The summed E-state index contributed by atoms with van der Waals surface area (Å²) in [6.07, 6.45) is 3.83. The number of halogens is 1. The highest BCUT2D eigenvalue weighted by molar-refractivity contribution is 6.33. The van der Waals surface area contributed by atoms with Crippen molar-refractivity contribution in [2.24, 2.45) is 0 Å². The van der Waals surface area contributed by atoms with Gasteiger partial charge in [-0.05, 0) is 42.3 Å². The maximum atomic E-state index is 11.1. The van der Waals surface area contributed by atoms with E-state index in [0.717, 1.165) is 28.0 Å². The van der Waals surface area contributed by atoms with Gasteiger partial charge in [0.05, 0.1) is 22.3 Å². The Morgan fingerprint density at radius 2 is 1.85 bits per heavy atom. The number of benzene rings is 2. The fraction of sp³-hybridized carbons (Fsp3) is 0.0476. The summed E-state index contributed by atoms with van der Waals surface area (Å²) in [7, 11) is 0. The minimum Gasteiger partial charge on any atom is -0.478 e. The highest BCUT2D eigenvalue weighted by Crippen LogP contribution is 2.28. The van der Waals surface area contributed by atoms with Crippen LogP contribution >= 0.6 is 11.6 Å². The Morgan fingerprint density at radius 1 is 1.04 bits per heavy atom. The van der Waals surface area contributed by atoms with Crippen LogP contribution in [0.4, 0.5) is 0 Å². The standard InChI is InChI=1S/C21H15ClN2O2/c1-13-3-2-4-15(9-13)20-23-11-17-7-5-16(12-24(17)20)14-6-8-18(21(25)26)19(22)10-14/h2-12H,1H3,(H,25,26). The summed E-state index contributed by atoms with van der Waals surface area (Å²) < 4.78 is 2.03. The monoisotopic (exact) mass is 362 g/mol. The SMILES string of the molecule is Cc1cccc(-c2ncc3ccc(-c4ccc(C(=O)O)c(Cl)c4)cn23)c1. The van der Waals surface area contributed by atoms with Crippen molar-refractivity contribution in [2.75, 3.05) is 0 Å². The number of hydrogen-bond acceptors (Lipinski definition) is 2.